The molecule has 43 heavy (non-hydrogen) atoms. The second kappa shape index (κ2) is 14.4. The normalized spacial score (nSPS) is 15.0. The summed E-state index contributed by atoms with van der Waals surface area (Å²) in [4.78, 5) is 27.6. The van der Waals surface area contributed by atoms with E-state index in [4.69, 9.17) is 4.74 Å². The van der Waals surface area contributed by atoms with Crippen LogP contribution in [0.2, 0.25) is 0 Å². The van der Waals surface area contributed by atoms with E-state index in [1.54, 1.807) is 29.2 Å². The van der Waals surface area contributed by atoms with Gasteiger partial charge in [-0.2, -0.15) is 0 Å². The lowest BCUT2D eigenvalue weighted by Gasteiger charge is -2.26. The fourth-order valence-corrected chi connectivity index (χ4v) is 4.89. The van der Waals surface area contributed by atoms with Crippen LogP contribution in [-0.4, -0.2) is 54.6 Å². The molecule has 230 valence electrons. The van der Waals surface area contributed by atoms with Gasteiger partial charge >= 0.3 is 6.36 Å². The zero-order valence-electron chi connectivity index (χ0n) is 24.1. The first kappa shape index (κ1) is 31.8. The molecule has 0 aromatic heterocycles. The lowest BCUT2D eigenvalue weighted by molar-refractivity contribution is -0.274. The predicted molar refractivity (Wildman–Crippen MR) is 156 cm³/mol. The van der Waals surface area contributed by atoms with Crippen molar-refractivity contribution >= 4 is 17.5 Å². The molecule has 4 rings (SSSR count). The highest BCUT2D eigenvalue weighted by molar-refractivity contribution is 5.99. The van der Waals surface area contributed by atoms with Crippen molar-refractivity contribution in [3.8, 4) is 11.5 Å². The number of nitrogens with zero attached hydrogens (tertiary/aromatic N) is 1. The van der Waals surface area contributed by atoms with E-state index in [0.29, 0.717) is 36.4 Å². The Bertz CT molecular complexity index is 1380. The number of rotatable bonds is 13. The van der Waals surface area contributed by atoms with E-state index in [2.05, 4.69) is 15.4 Å². The van der Waals surface area contributed by atoms with Crippen molar-refractivity contribution in [1.82, 2.24) is 10.6 Å². The number of aliphatic hydroxyl groups is 1. The van der Waals surface area contributed by atoms with Crippen molar-refractivity contribution in [1.29, 1.82) is 0 Å². The third-order valence-electron chi connectivity index (χ3n) is 6.80. The summed E-state index contributed by atoms with van der Waals surface area (Å²) in [6.45, 7) is 4.50. The van der Waals surface area contributed by atoms with Crippen LogP contribution in [0.25, 0.3) is 0 Å². The molecule has 0 spiro atoms. The van der Waals surface area contributed by atoms with Crippen LogP contribution in [0.1, 0.15) is 48.2 Å². The molecule has 3 N–H and O–H groups in total. The molecule has 2 unspecified atom stereocenters. The second-order valence-corrected chi connectivity index (χ2v) is 10.7. The number of ether oxygens (including phenoxy) is 2. The van der Waals surface area contributed by atoms with Crippen LogP contribution in [0.5, 0.6) is 11.5 Å². The van der Waals surface area contributed by atoms with E-state index >= 15 is 0 Å². The summed E-state index contributed by atoms with van der Waals surface area (Å²) in [7, 11) is 0. The Morgan fingerprint density at radius 2 is 1.74 bits per heavy atom. The van der Waals surface area contributed by atoms with Crippen LogP contribution in [0.3, 0.4) is 0 Å². The average Bonchev–Trinajstić information content (AvgIpc) is 3.37. The zero-order valence-corrected chi connectivity index (χ0v) is 24.1. The first-order valence-electron chi connectivity index (χ1n) is 14.2. The van der Waals surface area contributed by atoms with E-state index in [1.165, 1.54) is 18.2 Å². The minimum Gasteiger partial charge on any atom is -0.491 e. The van der Waals surface area contributed by atoms with Crippen molar-refractivity contribution in [3.63, 3.8) is 0 Å². The molecule has 8 nitrogen and oxygen atoms in total. The number of amides is 2. The molecule has 3 aromatic carbocycles. The molecular formula is C32H36F3N3O5. The molecule has 0 radical (unpaired) electrons. The summed E-state index contributed by atoms with van der Waals surface area (Å²) >= 11 is 0. The first-order valence-corrected chi connectivity index (χ1v) is 14.2. The monoisotopic (exact) mass is 599 g/mol. The molecule has 3 aromatic rings. The topological polar surface area (TPSA) is 100 Å². The molecule has 1 aliphatic rings. The SMILES string of the molecule is CC(C)Oc1cc(C(=O)NC(Cc2ccccc2)C(O)CNCc2cccc(OC(F)(F)F)c2)cc(N2CCCC2=O)c1. The zero-order chi connectivity index (χ0) is 31.0. The van der Waals surface area contributed by atoms with E-state index in [-0.39, 0.29) is 36.4 Å². The molecule has 11 heteroatoms. The summed E-state index contributed by atoms with van der Waals surface area (Å²) in [5.74, 6) is -0.345. The summed E-state index contributed by atoms with van der Waals surface area (Å²) < 4.78 is 47.6. The molecule has 2 amide bonds. The van der Waals surface area contributed by atoms with Gasteiger partial charge in [-0.05, 0) is 62.1 Å². The first-order chi connectivity index (χ1) is 20.5. The van der Waals surface area contributed by atoms with Crippen LogP contribution in [0, 0.1) is 0 Å². The second-order valence-electron chi connectivity index (χ2n) is 10.7. The quantitative estimate of drug-likeness (QED) is 0.256. The van der Waals surface area contributed by atoms with Crippen LogP contribution in [0.15, 0.2) is 72.8 Å². The summed E-state index contributed by atoms with van der Waals surface area (Å²) in [5.41, 5.74) is 2.28. The van der Waals surface area contributed by atoms with Crippen LogP contribution in [0.4, 0.5) is 18.9 Å². The number of nitrogens with one attached hydrogen (secondary N) is 2. The van der Waals surface area contributed by atoms with Gasteiger partial charge in [0.1, 0.15) is 11.5 Å². The Morgan fingerprint density at radius 1 is 1.00 bits per heavy atom. The van der Waals surface area contributed by atoms with Gasteiger partial charge in [-0.3, -0.25) is 9.59 Å². The van der Waals surface area contributed by atoms with E-state index in [1.807, 2.05) is 44.2 Å². The largest absolute Gasteiger partial charge is 0.573 e. The average molecular weight is 600 g/mol. The predicted octanol–water partition coefficient (Wildman–Crippen LogP) is 4.99. The molecule has 1 saturated heterocycles. The van der Waals surface area contributed by atoms with Crippen LogP contribution < -0.4 is 25.0 Å². The minimum absolute atomic E-state index is 0.0213. The van der Waals surface area contributed by atoms with Gasteiger partial charge in [0, 0.05) is 43.4 Å². The van der Waals surface area contributed by atoms with Crippen molar-refractivity contribution in [2.24, 2.45) is 0 Å². The molecule has 0 bridgehead atoms. The Labute approximate surface area is 248 Å². The maximum atomic E-state index is 13.6. The van der Waals surface area contributed by atoms with Crippen molar-refractivity contribution < 1.29 is 37.3 Å². The number of aliphatic hydroxyl groups excluding tert-OH is 1. The molecular weight excluding hydrogens is 563 g/mol. The molecule has 2 atom stereocenters. The highest BCUT2D eigenvalue weighted by Crippen LogP contribution is 2.29. The standard InChI is InChI=1S/C32H36F3N3O5/c1-21(2)42-27-17-24(16-25(18-27)38-13-7-12-30(38)40)31(41)37-28(15-22-8-4-3-5-9-22)29(39)20-36-19-23-10-6-11-26(14-23)43-32(33,34)35/h3-6,8-11,14,16-18,21,28-29,36,39H,7,12-13,15,19-20H2,1-2H3,(H,37,41). The van der Waals surface area contributed by atoms with Crippen molar-refractivity contribution in [2.45, 2.75) is 64.3 Å². The summed E-state index contributed by atoms with van der Waals surface area (Å²) in [6, 6.07) is 19.2. The van der Waals surface area contributed by atoms with Gasteiger partial charge in [-0.25, -0.2) is 0 Å². The van der Waals surface area contributed by atoms with Gasteiger partial charge in [0.25, 0.3) is 5.91 Å². The molecule has 0 saturated carbocycles. The fraction of sp³-hybridized carbons (Fsp3) is 0.375. The maximum absolute atomic E-state index is 13.6. The van der Waals surface area contributed by atoms with Gasteiger partial charge in [-0.1, -0.05) is 42.5 Å². The number of anilines is 1. The van der Waals surface area contributed by atoms with Gasteiger partial charge in [0.2, 0.25) is 5.91 Å². The number of halogens is 3. The van der Waals surface area contributed by atoms with Crippen molar-refractivity contribution in [2.75, 3.05) is 18.0 Å². The summed E-state index contributed by atoms with van der Waals surface area (Å²) in [6.07, 6.45) is -4.50. The van der Waals surface area contributed by atoms with Gasteiger partial charge in [0.15, 0.2) is 0 Å². The summed E-state index contributed by atoms with van der Waals surface area (Å²) in [5, 5.41) is 17.2. The minimum atomic E-state index is -4.80. The molecule has 1 aliphatic heterocycles. The fourth-order valence-electron chi connectivity index (χ4n) is 4.89. The van der Waals surface area contributed by atoms with Crippen molar-refractivity contribution in [3.05, 3.63) is 89.5 Å². The van der Waals surface area contributed by atoms with Gasteiger partial charge in [-0.15, -0.1) is 13.2 Å². The van der Waals surface area contributed by atoms with Gasteiger partial charge < -0.3 is 30.1 Å². The highest BCUT2D eigenvalue weighted by atomic mass is 19.4. The number of hydrogen-bond donors (Lipinski definition) is 3. The number of benzene rings is 3. The third kappa shape index (κ3) is 9.72. The van der Waals surface area contributed by atoms with Crippen LogP contribution >= 0.6 is 0 Å². The van der Waals surface area contributed by atoms with E-state index in [9.17, 15) is 27.9 Å². The van der Waals surface area contributed by atoms with E-state index < -0.39 is 24.4 Å². The highest BCUT2D eigenvalue weighted by Gasteiger charge is 2.31. The lowest BCUT2D eigenvalue weighted by atomic mass is 10.00. The number of carbonyl (C=O) groups excluding carboxylic acids is 2. The van der Waals surface area contributed by atoms with Gasteiger partial charge in [0.05, 0.1) is 18.2 Å². The molecule has 0 aliphatic carbocycles. The molecule has 1 heterocycles. The number of carbonyl (C=O) groups is 2. The van der Waals surface area contributed by atoms with E-state index in [0.717, 1.165) is 12.0 Å². The number of alkyl halides is 3. The Morgan fingerprint density at radius 3 is 2.42 bits per heavy atom. The molecule has 1 fully saturated rings. The smallest absolute Gasteiger partial charge is 0.491 e. The number of hydrogen-bond acceptors (Lipinski definition) is 6. The maximum Gasteiger partial charge on any atom is 0.573 e. The lowest BCUT2D eigenvalue weighted by Crippen LogP contribution is -2.48. The third-order valence-corrected chi connectivity index (χ3v) is 6.80. The van der Waals surface area contributed by atoms with Crippen LogP contribution in [-0.2, 0) is 17.8 Å². The Balaban J connectivity index is 1.49. The Hall–Kier alpha value is -4.09. The Kier molecular flexibility index (Phi) is 10.7.